The number of benzene rings is 1. The predicted octanol–water partition coefficient (Wildman–Crippen LogP) is 3.43. The summed E-state index contributed by atoms with van der Waals surface area (Å²) in [6.07, 6.45) is -2.59. The van der Waals surface area contributed by atoms with Crippen LogP contribution in [-0.2, 0) is 16.1 Å². The van der Waals surface area contributed by atoms with Crippen molar-refractivity contribution in [2.45, 2.75) is 38.6 Å². The maximum Gasteiger partial charge on any atom is 0.573 e. The molecule has 1 aliphatic carbocycles. The fraction of sp³-hybridized carbons (Fsp3) is 0.529. The third kappa shape index (κ3) is 5.65. The lowest BCUT2D eigenvalue weighted by Crippen LogP contribution is -2.36. The van der Waals surface area contributed by atoms with Gasteiger partial charge in [-0.05, 0) is 37.0 Å². The van der Waals surface area contributed by atoms with Gasteiger partial charge in [-0.2, -0.15) is 0 Å². The maximum atomic E-state index is 12.5. The highest BCUT2D eigenvalue weighted by atomic mass is 19.4. The molecule has 0 aromatic heterocycles. The number of aliphatic carboxylic acids is 1. The van der Waals surface area contributed by atoms with Crippen molar-refractivity contribution in [1.29, 1.82) is 0 Å². The van der Waals surface area contributed by atoms with E-state index in [1.807, 2.05) is 0 Å². The number of carboxylic acids is 1. The molecule has 1 N–H and O–H groups in total. The third-order valence-electron chi connectivity index (χ3n) is 4.30. The monoisotopic (exact) mass is 359 g/mol. The molecular weight excluding hydrogens is 339 g/mol. The van der Waals surface area contributed by atoms with Crippen molar-refractivity contribution in [2.24, 2.45) is 11.8 Å². The fourth-order valence-corrected chi connectivity index (χ4v) is 3.14. The molecule has 2 rings (SSSR count). The Balaban J connectivity index is 1.99. The number of nitrogens with zero attached hydrogens (tertiary/aromatic N) is 1. The standard InChI is InChI=1S/C17H20F3NO4/c1-21(15(22)12-5-3-6-13(9-12)16(23)24)10-11-4-2-7-14(8-11)25-17(18,19)20/h2,4,7-8,12-13H,3,5-6,9-10H2,1H3,(H,23,24). The number of rotatable bonds is 5. The summed E-state index contributed by atoms with van der Waals surface area (Å²) in [5.74, 6) is -2.30. The minimum atomic E-state index is -4.77. The average molecular weight is 359 g/mol. The Hall–Kier alpha value is -2.25. The van der Waals surface area contributed by atoms with E-state index in [4.69, 9.17) is 5.11 Å². The minimum Gasteiger partial charge on any atom is -0.481 e. The first-order chi connectivity index (χ1) is 11.7. The second-order valence-electron chi connectivity index (χ2n) is 6.29. The lowest BCUT2D eigenvalue weighted by molar-refractivity contribution is -0.274. The summed E-state index contributed by atoms with van der Waals surface area (Å²) in [5.41, 5.74) is 0.503. The van der Waals surface area contributed by atoms with E-state index in [0.717, 1.165) is 0 Å². The number of carbonyl (C=O) groups is 2. The summed E-state index contributed by atoms with van der Waals surface area (Å²) in [4.78, 5) is 25.0. The van der Waals surface area contributed by atoms with Crippen LogP contribution >= 0.6 is 0 Å². The second-order valence-corrected chi connectivity index (χ2v) is 6.29. The molecule has 1 fully saturated rings. The molecular formula is C17H20F3NO4. The van der Waals surface area contributed by atoms with E-state index in [1.54, 1.807) is 13.1 Å². The molecule has 0 saturated heterocycles. The summed E-state index contributed by atoms with van der Waals surface area (Å²) in [7, 11) is 1.56. The van der Waals surface area contributed by atoms with Crippen LogP contribution in [0.1, 0.15) is 31.2 Å². The molecule has 5 nitrogen and oxygen atoms in total. The molecule has 0 aliphatic heterocycles. The van der Waals surface area contributed by atoms with Crippen LogP contribution in [-0.4, -0.2) is 35.3 Å². The first kappa shape index (κ1) is 19.1. The highest BCUT2D eigenvalue weighted by Gasteiger charge is 2.33. The molecule has 1 amide bonds. The molecule has 0 heterocycles. The zero-order valence-electron chi connectivity index (χ0n) is 13.8. The van der Waals surface area contributed by atoms with Gasteiger partial charge in [0.15, 0.2) is 0 Å². The number of carbonyl (C=O) groups excluding carboxylic acids is 1. The molecule has 0 bridgehead atoms. The van der Waals surface area contributed by atoms with Crippen LogP contribution in [0, 0.1) is 11.8 Å². The van der Waals surface area contributed by atoms with Crippen molar-refractivity contribution >= 4 is 11.9 Å². The Morgan fingerprint density at radius 3 is 2.60 bits per heavy atom. The Morgan fingerprint density at radius 1 is 1.28 bits per heavy atom. The normalized spacial score (nSPS) is 20.8. The zero-order chi connectivity index (χ0) is 18.6. The summed E-state index contributed by atoms with van der Waals surface area (Å²) in [6, 6.07) is 5.46. The van der Waals surface area contributed by atoms with E-state index in [9.17, 15) is 22.8 Å². The van der Waals surface area contributed by atoms with Crippen LogP contribution in [0.2, 0.25) is 0 Å². The van der Waals surface area contributed by atoms with Gasteiger partial charge in [-0.25, -0.2) is 0 Å². The quantitative estimate of drug-likeness (QED) is 0.875. The number of carboxylic acid groups (broad SMARTS) is 1. The molecule has 2 unspecified atom stereocenters. The number of halogens is 3. The van der Waals surface area contributed by atoms with Crippen molar-refractivity contribution in [2.75, 3.05) is 7.05 Å². The van der Waals surface area contributed by atoms with Crippen molar-refractivity contribution < 1.29 is 32.6 Å². The SMILES string of the molecule is CN(Cc1cccc(OC(F)(F)F)c1)C(=O)C1CCCC(C(=O)O)C1. The average Bonchev–Trinajstić information content (AvgIpc) is 2.53. The van der Waals surface area contributed by atoms with E-state index in [2.05, 4.69) is 4.74 Å². The first-order valence-corrected chi connectivity index (χ1v) is 7.98. The highest BCUT2D eigenvalue weighted by Crippen LogP contribution is 2.31. The highest BCUT2D eigenvalue weighted by molar-refractivity contribution is 5.80. The van der Waals surface area contributed by atoms with Crippen LogP contribution in [0.25, 0.3) is 0 Å². The van der Waals surface area contributed by atoms with Gasteiger partial charge in [0.05, 0.1) is 5.92 Å². The molecule has 0 radical (unpaired) electrons. The zero-order valence-corrected chi connectivity index (χ0v) is 13.8. The molecule has 138 valence electrons. The number of hydrogen-bond acceptors (Lipinski definition) is 3. The van der Waals surface area contributed by atoms with E-state index >= 15 is 0 Å². The van der Waals surface area contributed by atoms with Crippen LogP contribution < -0.4 is 4.74 Å². The fourth-order valence-electron chi connectivity index (χ4n) is 3.14. The summed E-state index contributed by atoms with van der Waals surface area (Å²) in [6.45, 7) is 0.127. The largest absolute Gasteiger partial charge is 0.573 e. The maximum absolute atomic E-state index is 12.5. The van der Waals surface area contributed by atoms with Crippen LogP contribution in [0.15, 0.2) is 24.3 Å². The number of alkyl halides is 3. The topological polar surface area (TPSA) is 66.8 Å². The molecule has 1 saturated carbocycles. The lowest BCUT2D eigenvalue weighted by Gasteiger charge is -2.29. The van der Waals surface area contributed by atoms with E-state index in [0.29, 0.717) is 31.2 Å². The number of hydrogen-bond donors (Lipinski definition) is 1. The van der Waals surface area contributed by atoms with Gasteiger partial charge < -0.3 is 14.7 Å². The first-order valence-electron chi connectivity index (χ1n) is 7.98. The molecule has 1 aliphatic rings. The van der Waals surface area contributed by atoms with Gasteiger partial charge in [0, 0.05) is 19.5 Å². The Bertz CT molecular complexity index is 633. The van der Waals surface area contributed by atoms with Crippen molar-refractivity contribution in [3.63, 3.8) is 0 Å². The Labute approximate surface area is 143 Å². The Morgan fingerprint density at radius 2 is 1.96 bits per heavy atom. The van der Waals surface area contributed by atoms with E-state index in [1.165, 1.54) is 23.1 Å². The Kier molecular flexibility index (Phi) is 5.92. The van der Waals surface area contributed by atoms with Gasteiger partial charge in [-0.3, -0.25) is 9.59 Å². The molecule has 25 heavy (non-hydrogen) atoms. The lowest BCUT2D eigenvalue weighted by atomic mass is 9.81. The predicted molar refractivity (Wildman–Crippen MR) is 82.7 cm³/mol. The molecule has 2 atom stereocenters. The summed E-state index contributed by atoms with van der Waals surface area (Å²) >= 11 is 0. The van der Waals surface area contributed by atoms with Gasteiger partial charge in [-0.1, -0.05) is 18.6 Å². The minimum absolute atomic E-state index is 0.127. The number of ether oxygens (including phenoxy) is 1. The smallest absolute Gasteiger partial charge is 0.481 e. The van der Waals surface area contributed by atoms with E-state index in [-0.39, 0.29) is 24.1 Å². The van der Waals surface area contributed by atoms with E-state index < -0.39 is 18.2 Å². The van der Waals surface area contributed by atoms with Crippen LogP contribution in [0.5, 0.6) is 5.75 Å². The van der Waals surface area contributed by atoms with Crippen LogP contribution in [0.3, 0.4) is 0 Å². The van der Waals surface area contributed by atoms with Crippen molar-refractivity contribution in [3.05, 3.63) is 29.8 Å². The third-order valence-corrected chi connectivity index (χ3v) is 4.30. The molecule has 0 spiro atoms. The van der Waals surface area contributed by atoms with Crippen LogP contribution in [0.4, 0.5) is 13.2 Å². The summed E-state index contributed by atoms with van der Waals surface area (Å²) < 4.78 is 40.7. The van der Waals surface area contributed by atoms with Gasteiger partial charge >= 0.3 is 12.3 Å². The molecule has 1 aromatic carbocycles. The number of amides is 1. The summed E-state index contributed by atoms with van der Waals surface area (Å²) in [5, 5.41) is 9.10. The molecule has 8 heteroatoms. The second kappa shape index (κ2) is 7.76. The van der Waals surface area contributed by atoms with Gasteiger partial charge in [0.25, 0.3) is 0 Å². The van der Waals surface area contributed by atoms with Crippen molar-refractivity contribution in [1.82, 2.24) is 4.90 Å². The van der Waals surface area contributed by atoms with Gasteiger partial charge in [-0.15, -0.1) is 13.2 Å². The van der Waals surface area contributed by atoms with Crippen molar-refractivity contribution in [3.8, 4) is 5.75 Å². The molecule has 1 aromatic rings. The van der Waals surface area contributed by atoms with Gasteiger partial charge in [0.1, 0.15) is 5.75 Å². The van der Waals surface area contributed by atoms with Gasteiger partial charge in [0.2, 0.25) is 5.91 Å².